The van der Waals surface area contributed by atoms with Gasteiger partial charge >= 0.3 is 5.97 Å². The summed E-state index contributed by atoms with van der Waals surface area (Å²) in [5.41, 5.74) is 1.49. The number of ether oxygens (including phenoxy) is 1. The van der Waals surface area contributed by atoms with Gasteiger partial charge in [0.25, 0.3) is 5.91 Å². The second kappa shape index (κ2) is 8.42. The van der Waals surface area contributed by atoms with Gasteiger partial charge in [0.05, 0.1) is 29.0 Å². The van der Waals surface area contributed by atoms with Gasteiger partial charge in [-0.1, -0.05) is 0 Å². The molecule has 1 aromatic rings. The number of benzene rings is 1. The highest BCUT2D eigenvalue weighted by molar-refractivity contribution is 7.92. The van der Waals surface area contributed by atoms with Crippen LogP contribution in [0.25, 0.3) is 0 Å². The Morgan fingerprint density at radius 2 is 2.00 bits per heavy atom. The van der Waals surface area contributed by atoms with E-state index in [0.29, 0.717) is 25.1 Å². The lowest BCUT2D eigenvalue weighted by Gasteiger charge is -2.29. The smallest absolute Gasteiger partial charge is 0.338 e. The van der Waals surface area contributed by atoms with Crippen LogP contribution in [0.5, 0.6) is 0 Å². The third kappa shape index (κ3) is 4.87. The van der Waals surface area contributed by atoms with Crippen molar-refractivity contribution in [1.29, 1.82) is 0 Å². The fourth-order valence-corrected chi connectivity index (χ4v) is 7.36. The Labute approximate surface area is 183 Å². The molecule has 0 radical (unpaired) electrons. The van der Waals surface area contributed by atoms with E-state index >= 15 is 0 Å². The maximum absolute atomic E-state index is 12.8. The van der Waals surface area contributed by atoms with Crippen LogP contribution in [0.4, 0.5) is 5.69 Å². The van der Waals surface area contributed by atoms with E-state index in [2.05, 4.69) is 0 Å². The van der Waals surface area contributed by atoms with Crippen molar-refractivity contribution in [3.63, 3.8) is 0 Å². The lowest BCUT2D eigenvalue weighted by atomic mass is 10.1. The van der Waals surface area contributed by atoms with E-state index < -0.39 is 43.9 Å². The van der Waals surface area contributed by atoms with Crippen LogP contribution in [-0.4, -0.2) is 76.1 Å². The summed E-state index contributed by atoms with van der Waals surface area (Å²) in [6.45, 7) is 5.33. The highest BCUT2D eigenvalue weighted by Gasteiger charge is 2.37. The summed E-state index contributed by atoms with van der Waals surface area (Å²) in [5.74, 6) is -1.15. The minimum absolute atomic E-state index is 0.0493. The molecular formula is C20H28N2O7S2. The molecule has 1 aromatic carbocycles. The largest absolute Gasteiger partial charge is 0.449 e. The van der Waals surface area contributed by atoms with Crippen molar-refractivity contribution in [3.8, 4) is 0 Å². The van der Waals surface area contributed by atoms with Gasteiger partial charge in [0, 0.05) is 18.6 Å². The Morgan fingerprint density at radius 1 is 1.32 bits per heavy atom. The van der Waals surface area contributed by atoms with Gasteiger partial charge in [-0.25, -0.2) is 21.6 Å². The Hall–Kier alpha value is -2.14. The lowest BCUT2D eigenvalue weighted by Crippen LogP contribution is -2.46. The van der Waals surface area contributed by atoms with E-state index in [1.165, 1.54) is 22.2 Å². The molecule has 2 heterocycles. The Morgan fingerprint density at radius 3 is 2.55 bits per heavy atom. The van der Waals surface area contributed by atoms with E-state index in [9.17, 15) is 26.4 Å². The third-order valence-electron chi connectivity index (χ3n) is 5.73. The molecule has 0 aliphatic carbocycles. The summed E-state index contributed by atoms with van der Waals surface area (Å²) in [6, 6.07) is 3.99. The number of hydrogen-bond donors (Lipinski definition) is 0. The summed E-state index contributed by atoms with van der Waals surface area (Å²) >= 11 is 0. The fraction of sp³-hybridized carbons (Fsp3) is 0.600. The Bertz CT molecular complexity index is 1100. The van der Waals surface area contributed by atoms with Crippen LogP contribution in [0.3, 0.4) is 0 Å². The highest BCUT2D eigenvalue weighted by atomic mass is 32.2. The third-order valence-corrected chi connectivity index (χ3v) is 8.75. The number of fused-ring (bicyclic) bond motifs is 1. The number of anilines is 1. The molecule has 172 valence electrons. The molecule has 0 bridgehead atoms. The van der Waals surface area contributed by atoms with E-state index in [1.807, 2.05) is 0 Å². The lowest BCUT2D eigenvalue weighted by molar-refractivity contribution is -0.141. The van der Waals surface area contributed by atoms with Crippen molar-refractivity contribution < 1.29 is 31.2 Å². The number of sulfonamides is 1. The summed E-state index contributed by atoms with van der Waals surface area (Å²) in [5, 5.41) is 0. The maximum Gasteiger partial charge on any atom is 0.338 e. The molecule has 2 aliphatic heterocycles. The SMILES string of the molecule is CCN(C(=O)C(C)OC(=O)c1ccc2c(c1)CC(C)N2S(C)(=O)=O)C1CCS(=O)(=O)C1. The van der Waals surface area contributed by atoms with Crippen LogP contribution in [-0.2, 0) is 35.8 Å². The van der Waals surface area contributed by atoms with Gasteiger partial charge in [-0.15, -0.1) is 0 Å². The number of likely N-dealkylation sites (N-methyl/N-ethyl adjacent to an activating group) is 1. The average Bonchev–Trinajstić information content (AvgIpc) is 3.19. The molecule has 3 rings (SSSR count). The summed E-state index contributed by atoms with van der Waals surface area (Å²) in [4.78, 5) is 26.9. The number of hydrogen-bond acceptors (Lipinski definition) is 7. The summed E-state index contributed by atoms with van der Waals surface area (Å²) in [6.07, 6.45) is 0.916. The number of amides is 1. The van der Waals surface area contributed by atoms with Gasteiger partial charge in [0.1, 0.15) is 0 Å². The van der Waals surface area contributed by atoms with Crippen LogP contribution in [0.1, 0.15) is 43.1 Å². The molecule has 0 aromatic heterocycles. The Kier molecular flexibility index (Phi) is 6.39. The van der Waals surface area contributed by atoms with Gasteiger partial charge in [-0.2, -0.15) is 0 Å². The molecule has 31 heavy (non-hydrogen) atoms. The minimum atomic E-state index is -3.43. The van der Waals surface area contributed by atoms with Gasteiger partial charge in [-0.05, 0) is 57.4 Å². The van der Waals surface area contributed by atoms with Crippen LogP contribution in [0.2, 0.25) is 0 Å². The highest BCUT2D eigenvalue weighted by Crippen LogP contribution is 2.35. The molecule has 0 spiro atoms. The van der Waals surface area contributed by atoms with E-state index in [4.69, 9.17) is 4.74 Å². The first kappa shape index (κ1) is 23.5. The second-order valence-electron chi connectivity index (χ2n) is 8.18. The molecule has 11 heteroatoms. The standard InChI is InChI=1S/C20H28N2O7S2/c1-5-21(17-8-9-31(27,28)12-17)19(23)14(3)29-20(24)15-6-7-18-16(11-15)10-13(2)22(18)30(4,25)26/h6-7,11,13-14,17H,5,8-10,12H2,1-4H3. The van der Waals surface area contributed by atoms with E-state index in [1.54, 1.807) is 26.0 Å². The second-order valence-corrected chi connectivity index (χ2v) is 12.3. The van der Waals surface area contributed by atoms with Crippen molar-refractivity contribution in [1.82, 2.24) is 4.90 Å². The zero-order chi connectivity index (χ0) is 23.1. The van der Waals surface area contributed by atoms with Crippen molar-refractivity contribution >= 4 is 37.4 Å². The molecule has 1 saturated heterocycles. The van der Waals surface area contributed by atoms with Crippen molar-refractivity contribution in [2.24, 2.45) is 0 Å². The molecule has 0 N–H and O–H groups in total. The number of esters is 1. The quantitative estimate of drug-likeness (QED) is 0.566. The van der Waals surface area contributed by atoms with Crippen LogP contribution in [0, 0.1) is 0 Å². The molecule has 3 unspecified atom stereocenters. The molecule has 3 atom stereocenters. The van der Waals surface area contributed by atoms with Crippen LogP contribution in [0.15, 0.2) is 18.2 Å². The van der Waals surface area contributed by atoms with Crippen molar-refractivity contribution in [2.45, 2.75) is 51.8 Å². The summed E-state index contributed by atoms with van der Waals surface area (Å²) < 4.78 is 54.3. The maximum atomic E-state index is 12.8. The predicted octanol–water partition coefficient (Wildman–Crippen LogP) is 0.978. The zero-order valence-corrected chi connectivity index (χ0v) is 19.7. The monoisotopic (exact) mass is 472 g/mol. The number of carbonyl (C=O) groups is 2. The fourth-order valence-electron chi connectivity index (χ4n) is 4.36. The van der Waals surface area contributed by atoms with E-state index in [-0.39, 0.29) is 23.1 Å². The van der Waals surface area contributed by atoms with Crippen molar-refractivity contribution in [2.75, 3.05) is 28.6 Å². The number of rotatable bonds is 6. The Balaban J connectivity index is 1.72. The number of carbonyl (C=O) groups excluding carboxylic acids is 2. The number of nitrogens with zero attached hydrogens (tertiary/aromatic N) is 2. The van der Waals surface area contributed by atoms with Gasteiger partial charge in [-0.3, -0.25) is 9.10 Å². The van der Waals surface area contributed by atoms with Crippen LogP contribution < -0.4 is 4.31 Å². The molecular weight excluding hydrogens is 444 g/mol. The molecule has 1 amide bonds. The molecule has 9 nitrogen and oxygen atoms in total. The van der Waals surface area contributed by atoms with Gasteiger partial charge in [0.2, 0.25) is 10.0 Å². The first-order valence-corrected chi connectivity index (χ1v) is 13.8. The molecule has 0 saturated carbocycles. The topological polar surface area (TPSA) is 118 Å². The first-order chi connectivity index (χ1) is 14.3. The predicted molar refractivity (Wildman–Crippen MR) is 116 cm³/mol. The van der Waals surface area contributed by atoms with Gasteiger partial charge in [0.15, 0.2) is 15.9 Å². The zero-order valence-electron chi connectivity index (χ0n) is 18.1. The minimum Gasteiger partial charge on any atom is -0.449 e. The average molecular weight is 473 g/mol. The van der Waals surface area contributed by atoms with Gasteiger partial charge < -0.3 is 9.64 Å². The normalized spacial score (nSPS) is 23.3. The first-order valence-electron chi connectivity index (χ1n) is 10.2. The molecule has 2 aliphatic rings. The van der Waals surface area contributed by atoms with Crippen LogP contribution >= 0.6 is 0 Å². The summed E-state index contributed by atoms with van der Waals surface area (Å²) in [7, 11) is -6.58. The molecule has 1 fully saturated rings. The number of sulfone groups is 1. The van der Waals surface area contributed by atoms with Crippen molar-refractivity contribution in [3.05, 3.63) is 29.3 Å². The van der Waals surface area contributed by atoms with E-state index in [0.717, 1.165) is 11.8 Å².